The lowest BCUT2D eigenvalue weighted by molar-refractivity contribution is 0.586. The first-order valence-corrected chi connectivity index (χ1v) is 8.78. The largest absolute Gasteiger partial charge is 0.358 e. The summed E-state index contributed by atoms with van der Waals surface area (Å²) in [4.78, 5) is 4.45. The third-order valence-electron chi connectivity index (χ3n) is 3.28. The van der Waals surface area contributed by atoms with E-state index in [1.807, 2.05) is 35.7 Å². The van der Waals surface area contributed by atoms with Gasteiger partial charge in [-0.2, -0.15) is 5.26 Å². The van der Waals surface area contributed by atoms with Crippen molar-refractivity contribution in [2.24, 2.45) is 0 Å². The lowest BCUT2D eigenvalue weighted by Crippen LogP contribution is -1.94. The summed E-state index contributed by atoms with van der Waals surface area (Å²) < 4.78 is 27.5. The number of nitrogens with one attached hydrogen (secondary N) is 1. The van der Waals surface area contributed by atoms with Crippen LogP contribution in [0, 0.1) is 23.0 Å². The van der Waals surface area contributed by atoms with Crippen LogP contribution in [0.15, 0.2) is 58.5 Å². The van der Waals surface area contributed by atoms with Gasteiger partial charge >= 0.3 is 0 Å². The van der Waals surface area contributed by atoms with Crippen molar-refractivity contribution in [3.63, 3.8) is 0 Å². The highest BCUT2D eigenvalue weighted by molar-refractivity contribution is 9.10. The molecular formula is C18H10BrF2N3S. The minimum Gasteiger partial charge on any atom is -0.358 e. The minimum atomic E-state index is -0.734. The molecule has 0 saturated carbocycles. The van der Waals surface area contributed by atoms with Crippen LogP contribution in [0.4, 0.5) is 14.5 Å². The van der Waals surface area contributed by atoms with Crippen molar-refractivity contribution in [3.8, 4) is 17.3 Å². The number of thiazole rings is 1. The van der Waals surface area contributed by atoms with Gasteiger partial charge in [0.15, 0.2) is 0 Å². The Morgan fingerprint density at radius 3 is 2.80 bits per heavy atom. The standard InChI is InChI=1S/C18H10BrF2N3S/c19-13-3-1-2-11(6-13)17-10-25-18(24-17)12(8-22)9-23-16-5-4-14(20)7-15(16)21/h1-7,9-10,23H. The number of hydrogen-bond donors (Lipinski definition) is 1. The Morgan fingerprint density at radius 1 is 1.24 bits per heavy atom. The monoisotopic (exact) mass is 417 g/mol. The average molecular weight is 418 g/mol. The van der Waals surface area contributed by atoms with Gasteiger partial charge in [0.2, 0.25) is 0 Å². The van der Waals surface area contributed by atoms with Crippen LogP contribution in [0.1, 0.15) is 5.01 Å². The van der Waals surface area contributed by atoms with Gasteiger partial charge in [-0.1, -0.05) is 28.1 Å². The fourth-order valence-corrected chi connectivity index (χ4v) is 3.27. The maximum atomic E-state index is 13.6. The zero-order chi connectivity index (χ0) is 17.8. The van der Waals surface area contributed by atoms with Crippen molar-refractivity contribution >= 4 is 38.5 Å². The van der Waals surface area contributed by atoms with Crippen molar-refractivity contribution < 1.29 is 8.78 Å². The summed E-state index contributed by atoms with van der Waals surface area (Å²) in [5, 5.41) is 14.4. The van der Waals surface area contributed by atoms with Gasteiger partial charge in [0.05, 0.1) is 11.4 Å². The fourth-order valence-electron chi connectivity index (χ4n) is 2.08. The number of benzene rings is 2. The van der Waals surface area contributed by atoms with Crippen molar-refractivity contribution in [3.05, 3.63) is 75.2 Å². The lowest BCUT2D eigenvalue weighted by atomic mass is 10.2. The molecule has 0 fully saturated rings. The zero-order valence-corrected chi connectivity index (χ0v) is 15.0. The lowest BCUT2D eigenvalue weighted by Gasteiger charge is -2.03. The third kappa shape index (κ3) is 4.10. The molecule has 124 valence electrons. The predicted octanol–water partition coefficient (Wildman–Crippen LogP) is 5.83. The van der Waals surface area contributed by atoms with Crippen molar-refractivity contribution in [1.29, 1.82) is 5.26 Å². The Bertz CT molecular complexity index is 992. The number of nitriles is 1. The van der Waals surface area contributed by atoms with Crippen LogP contribution in [-0.2, 0) is 0 Å². The Hall–Kier alpha value is -2.56. The Kier molecular flexibility index (Phi) is 5.22. The molecule has 0 spiro atoms. The van der Waals surface area contributed by atoms with Crippen LogP contribution in [-0.4, -0.2) is 4.98 Å². The summed E-state index contributed by atoms with van der Waals surface area (Å²) in [7, 11) is 0. The van der Waals surface area contributed by atoms with Crippen molar-refractivity contribution in [1.82, 2.24) is 4.98 Å². The zero-order valence-electron chi connectivity index (χ0n) is 12.6. The van der Waals surface area contributed by atoms with Crippen LogP contribution in [0.2, 0.25) is 0 Å². The maximum Gasteiger partial charge on any atom is 0.149 e. The predicted molar refractivity (Wildman–Crippen MR) is 98.8 cm³/mol. The molecule has 0 bridgehead atoms. The van der Waals surface area contributed by atoms with E-state index in [0.29, 0.717) is 5.01 Å². The van der Waals surface area contributed by atoms with E-state index >= 15 is 0 Å². The molecule has 0 atom stereocenters. The van der Waals surface area contributed by atoms with E-state index < -0.39 is 11.6 Å². The molecule has 0 aliphatic heterocycles. The molecule has 0 unspecified atom stereocenters. The van der Waals surface area contributed by atoms with E-state index in [-0.39, 0.29) is 11.3 Å². The molecule has 0 aliphatic rings. The van der Waals surface area contributed by atoms with E-state index in [1.54, 1.807) is 0 Å². The van der Waals surface area contributed by atoms with Crippen LogP contribution < -0.4 is 5.32 Å². The molecule has 0 saturated heterocycles. The smallest absolute Gasteiger partial charge is 0.149 e. The van der Waals surface area contributed by atoms with Crippen LogP contribution in [0.25, 0.3) is 16.8 Å². The van der Waals surface area contributed by atoms with Crippen LogP contribution >= 0.6 is 27.3 Å². The number of rotatable bonds is 4. The molecule has 7 heteroatoms. The molecule has 1 N–H and O–H groups in total. The molecule has 25 heavy (non-hydrogen) atoms. The highest BCUT2D eigenvalue weighted by Crippen LogP contribution is 2.28. The first-order chi connectivity index (χ1) is 12.1. The SMILES string of the molecule is N#CC(=CNc1ccc(F)cc1F)c1nc(-c2cccc(Br)c2)cs1. The number of allylic oxidation sites excluding steroid dienone is 1. The van der Waals surface area contributed by atoms with Gasteiger partial charge < -0.3 is 5.32 Å². The molecule has 0 radical (unpaired) electrons. The Morgan fingerprint density at radius 2 is 2.08 bits per heavy atom. The quantitative estimate of drug-likeness (QED) is 0.543. The van der Waals surface area contributed by atoms with E-state index in [2.05, 4.69) is 26.2 Å². The number of hydrogen-bond acceptors (Lipinski definition) is 4. The first kappa shape index (κ1) is 17.3. The molecule has 2 aromatic carbocycles. The molecule has 0 aliphatic carbocycles. The number of halogens is 3. The fraction of sp³-hybridized carbons (Fsp3) is 0. The third-order valence-corrected chi connectivity index (χ3v) is 4.65. The average Bonchev–Trinajstić information content (AvgIpc) is 3.07. The summed E-state index contributed by atoms with van der Waals surface area (Å²) in [6.07, 6.45) is 1.36. The van der Waals surface area contributed by atoms with Gasteiger partial charge in [-0.25, -0.2) is 13.8 Å². The molecule has 0 amide bonds. The molecule has 1 aromatic heterocycles. The second-order valence-electron chi connectivity index (χ2n) is 4.99. The van der Waals surface area contributed by atoms with E-state index in [4.69, 9.17) is 0 Å². The number of anilines is 1. The van der Waals surface area contributed by atoms with Gasteiger partial charge in [0, 0.05) is 27.7 Å². The first-order valence-electron chi connectivity index (χ1n) is 7.10. The number of aromatic nitrogens is 1. The minimum absolute atomic E-state index is 0.0814. The molecule has 3 aromatic rings. The Balaban J connectivity index is 1.85. The summed E-state index contributed by atoms with van der Waals surface area (Å²) >= 11 is 4.72. The van der Waals surface area contributed by atoms with Gasteiger partial charge in [-0.15, -0.1) is 11.3 Å². The van der Waals surface area contributed by atoms with Crippen LogP contribution in [0.3, 0.4) is 0 Å². The second-order valence-corrected chi connectivity index (χ2v) is 6.76. The summed E-state index contributed by atoms with van der Waals surface area (Å²) in [5.41, 5.74) is 2.01. The van der Waals surface area contributed by atoms with Gasteiger partial charge in [-0.3, -0.25) is 0 Å². The van der Waals surface area contributed by atoms with Crippen molar-refractivity contribution in [2.45, 2.75) is 0 Å². The maximum absolute atomic E-state index is 13.6. The highest BCUT2D eigenvalue weighted by atomic mass is 79.9. The van der Waals surface area contributed by atoms with E-state index in [0.717, 1.165) is 27.9 Å². The summed E-state index contributed by atoms with van der Waals surface area (Å²) in [5.74, 6) is -1.39. The highest BCUT2D eigenvalue weighted by Gasteiger charge is 2.10. The normalized spacial score (nSPS) is 11.2. The van der Waals surface area contributed by atoms with Gasteiger partial charge in [-0.05, 0) is 24.3 Å². The van der Waals surface area contributed by atoms with Crippen LogP contribution in [0.5, 0.6) is 0 Å². The number of nitrogens with zero attached hydrogens (tertiary/aromatic N) is 2. The van der Waals surface area contributed by atoms with E-state index in [9.17, 15) is 14.0 Å². The molecule has 3 nitrogen and oxygen atoms in total. The van der Waals surface area contributed by atoms with Gasteiger partial charge in [0.1, 0.15) is 28.3 Å². The summed E-state index contributed by atoms with van der Waals surface area (Å²) in [6.45, 7) is 0. The molecule has 1 heterocycles. The topological polar surface area (TPSA) is 48.7 Å². The summed E-state index contributed by atoms with van der Waals surface area (Å²) in [6, 6.07) is 12.9. The second kappa shape index (κ2) is 7.55. The van der Waals surface area contributed by atoms with Crippen molar-refractivity contribution in [2.75, 3.05) is 5.32 Å². The Labute approximate surface area is 155 Å². The van der Waals surface area contributed by atoms with Gasteiger partial charge in [0.25, 0.3) is 0 Å². The molecular weight excluding hydrogens is 408 g/mol. The molecule has 3 rings (SSSR count). The van der Waals surface area contributed by atoms with E-state index in [1.165, 1.54) is 23.6 Å².